The highest BCUT2D eigenvalue weighted by atomic mass is 16.3. The second kappa shape index (κ2) is 4.76. The molecule has 0 heterocycles. The van der Waals surface area contributed by atoms with Crippen LogP contribution < -0.4 is 0 Å². The maximum atomic E-state index is 8.80. The van der Waals surface area contributed by atoms with Crippen LogP contribution in [0, 0.1) is 11.3 Å². The third kappa shape index (κ3) is 5.25. The first kappa shape index (κ1) is 11.0. The predicted octanol–water partition coefficient (Wildman–Crippen LogP) is 2.83. The van der Waals surface area contributed by atoms with Gasteiger partial charge in [0.1, 0.15) is 0 Å². The van der Waals surface area contributed by atoms with E-state index in [4.69, 9.17) is 5.11 Å². The molecule has 0 amide bonds. The van der Waals surface area contributed by atoms with Crippen molar-refractivity contribution >= 4 is 0 Å². The molecule has 0 aromatic carbocycles. The minimum Gasteiger partial charge on any atom is -0.396 e. The average molecular weight is 158 g/mol. The highest BCUT2D eigenvalue weighted by Crippen LogP contribution is 2.27. The van der Waals surface area contributed by atoms with E-state index in [1.165, 1.54) is 12.8 Å². The van der Waals surface area contributed by atoms with Gasteiger partial charge in [0.15, 0.2) is 0 Å². The Balaban J connectivity index is 3.52. The summed E-state index contributed by atoms with van der Waals surface area (Å²) in [7, 11) is 0. The first-order valence-electron chi connectivity index (χ1n) is 4.62. The lowest BCUT2D eigenvalue weighted by Gasteiger charge is -2.23. The van der Waals surface area contributed by atoms with Gasteiger partial charge in [0.2, 0.25) is 0 Å². The minimum absolute atomic E-state index is 0.333. The largest absolute Gasteiger partial charge is 0.396 e. The first-order chi connectivity index (χ1) is 5.02. The molecule has 0 aromatic heterocycles. The third-order valence-electron chi connectivity index (χ3n) is 2.58. The van der Waals surface area contributed by atoms with Crippen LogP contribution in [0.25, 0.3) is 0 Å². The molecule has 0 aliphatic carbocycles. The van der Waals surface area contributed by atoms with Crippen molar-refractivity contribution in [3.05, 3.63) is 0 Å². The van der Waals surface area contributed by atoms with Gasteiger partial charge in [-0.25, -0.2) is 0 Å². The van der Waals surface area contributed by atoms with Gasteiger partial charge in [0.05, 0.1) is 0 Å². The molecular formula is C10H22O. The van der Waals surface area contributed by atoms with E-state index in [1.807, 2.05) is 0 Å². The normalized spacial score (nSPS) is 15.0. The van der Waals surface area contributed by atoms with Crippen molar-refractivity contribution in [1.29, 1.82) is 0 Å². The lowest BCUT2D eigenvalue weighted by molar-refractivity contribution is 0.205. The molecule has 0 spiro atoms. The Hall–Kier alpha value is -0.0400. The smallest absolute Gasteiger partial charge is 0.0456 e. The summed E-state index contributed by atoms with van der Waals surface area (Å²) in [6.45, 7) is 9.24. The molecular weight excluding hydrogens is 136 g/mol. The van der Waals surface area contributed by atoms with Gasteiger partial charge in [-0.1, -0.05) is 34.1 Å². The SMILES string of the molecule is CCC(C)(C)CCC(C)CO. The Bertz CT molecular complexity index is 97.0. The third-order valence-corrected chi connectivity index (χ3v) is 2.58. The fourth-order valence-corrected chi connectivity index (χ4v) is 0.905. The predicted molar refractivity (Wildman–Crippen MR) is 49.6 cm³/mol. The second-order valence-corrected chi connectivity index (χ2v) is 4.34. The van der Waals surface area contributed by atoms with Gasteiger partial charge < -0.3 is 5.11 Å². The summed E-state index contributed by atoms with van der Waals surface area (Å²) in [5.41, 5.74) is 0.462. The zero-order chi connectivity index (χ0) is 8.91. The molecule has 0 aliphatic heterocycles. The Morgan fingerprint density at radius 1 is 1.36 bits per heavy atom. The van der Waals surface area contributed by atoms with E-state index in [0.717, 1.165) is 6.42 Å². The molecule has 1 N–H and O–H groups in total. The zero-order valence-corrected chi connectivity index (χ0v) is 8.35. The molecule has 0 aliphatic rings. The van der Waals surface area contributed by atoms with Crippen LogP contribution in [0.3, 0.4) is 0 Å². The summed E-state index contributed by atoms with van der Waals surface area (Å²) in [6.07, 6.45) is 3.60. The monoisotopic (exact) mass is 158 g/mol. The molecule has 0 rings (SSSR count). The molecule has 0 saturated heterocycles. The van der Waals surface area contributed by atoms with E-state index in [2.05, 4.69) is 27.7 Å². The molecule has 1 atom stereocenters. The van der Waals surface area contributed by atoms with Gasteiger partial charge in [-0.15, -0.1) is 0 Å². The Kier molecular flexibility index (Phi) is 4.74. The zero-order valence-electron chi connectivity index (χ0n) is 8.35. The molecule has 0 fully saturated rings. The van der Waals surface area contributed by atoms with Gasteiger partial charge in [0, 0.05) is 6.61 Å². The van der Waals surface area contributed by atoms with E-state index >= 15 is 0 Å². The maximum Gasteiger partial charge on any atom is 0.0456 e. The van der Waals surface area contributed by atoms with Crippen molar-refractivity contribution in [2.75, 3.05) is 6.61 Å². The highest BCUT2D eigenvalue weighted by molar-refractivity contribution is 4.67. The van der Waals surface area contributed by atoms with Crippen molar-refractivity contribution in [3.63, 3.8) is 0 Å². The molecule has 0 bridgehead atoms. The summed E-state index contributed by atoms with van der Waals surface area (Å²) in [5, 5.41) is 8.80. The van der Waals surface area contributed by atoms with Crippen LogP contribution in [-0.4, -0.2) is 11.7 Å². The van der Waals surface area contributed by atoms with Crippen molar-refractivity contribution in [1.82, 2.24) is 0 Å². The maximum absolute atomic E-state index is 8.80. The summed E-state index contributed by atoms with van der Waals surface area (Å²) < 4.78 is 0. The van der Waals surface area contributed by atoms with Gasteiger partial charge in [0.25, 0.3) is 0 Å². The molecule has 1 heteroatoms. The standard InChI is InChI=1S/C10H22O/c1-5-10(3,4)7-6-9(2)8-11/h9,11H,5-8H2,1-4H3. The van der Waals surface area contributed by atoms with Crippen LogP contribution in [-0.2, 0) is 0 Å². The topological polar surface area (TPSA) is 20.2 Å². The van der Waals surface area contributed by atoms with Crippen LogP contribution >= 0.6 is 0 Å². The van der Waals surface area contributed by atoms with E-state index < -0.39 is 0 Å². The van der Waals surface area contributed by atoms with Crippen molar-refractivity contribution < 1.29 is 5.11 Å². The Morgan fingerprint density at radius 3 is 2.27 bits per heavy atom. The molecule has 0 aromatic rings. The molecule has 1 unspecified atom stereocenters. The average Bonchev–Trinajstić information content (AvgIpc) is 2.00. The molecule has 0 saturated carbocycles. The van der Waals surface area contributed by atoms with Crippen LogP contribution in [0.5, 0.6) is 0 Å². The Morgan fingerprint density at radius 2 is 1.91 bits per heavy atom. The molecule has 11 heavy (non-hydrogen) atoms. The number of aliphatic hydroxyl groups is 1. The second-order valence-electron chi connectivity index (χ2n) is 4.34. The van der Waals surface area contributed by atoms with Crippen LogP contribution in [0.4, 0.5) is 0 Å². The van der Waals surface area contributed by atoms with Gasteiger partial charge in [-0.2, -0.15) is 0 Å². The van der Waals surface area contributed by atoms with Crippen molar-refractivity contribution in [2.24, 2.45) is 11.3 Å². The van der Waals surface area contributed by atoms with E-state index in [-0.39, 0.29) is 0 Å². The number of hydrogen-bond acceptors (Lipinski definition) is 1. The fraction of sp³-hybridized carbons (Fsp3) is 1.00. The van der Waals surface area contributed by atoms with Gasteiger partial charge in [-0.05, 0) is 24.2 Å². The fourth-order valence-electron chi connectivity index (χ4n) is 0.905. The van der Waals surface area contributed by atoms with E-state index in [1.54, 1.807) is 0 Å². The van der Waals surface area contributed by atoms with E-state index in [9.17, 15) is 0 Å². The molecule has 68 valence electrons. The summed E-state index contributed by atoms with van der Waals surface area (Å²) in [5.74, 6) is 0.473. The first-order valence-corrected chi connectivity index (χ1v) is 4.62. The van der Waals surface area contributed by atoms with Crippen LogP contribution in [0.1, 0.15) is 47.0 Å². The molecule has 0 radical (unpaired) electrons. The quantitative estimate of drug-likeness (QED) is 0.652. The van der Waals surface area contributed by atoms with Gasteiger partial charge >= 0.3 is 0 Å². The van der Waals surface area contributed by atoms with E-state index in [0.29, 0.717) is 17.9 Å². The van der Waals surface area contributed by atoms with Crippen molar-refractivity contribution in [2.45, 2.75) is 47.0 Å². The Labute approximate surface area is 70.8 Å². The van der Waals surface area contributed by atoms with Gasteiger partial charge in [-0.3, -0.25) is 0 Å². The lowest BCUT2D eigenvalue weighted by Crippen LogP contribution is -2.12. The minimum atomic E-state index is 0.333. The van der Waals surface area contributed by atoms with Crippen LogP contribution in [0.2, 0.25) is 0 Å². The summed E-state index contributed by atoms with van der Waals surface area (Å²) >= 11 is 0. The molecule has 1 nitrogen and oxygen atoms in total. The van der Waals surface area contributed by atoms with Crippen LogP contribution in [0.15, 0.2) is 0 Å². The van der Waals surface area contributed by atoms with Crippen molar-refractivity contribution in [3.8, 4) is 0 Å². The summed E-state index contributed by atoms with van der Waals surface area (Å²) in [4.78, 5) is 0. The number of rotatable bonds is 5. The number of hydrogen-bond donors (Lipinski definition) is 1. The summed E-state index contributed by atoms with van der Waals surface area (Å²) in [6, 6.07) is 0. The lowest BCUT2D eigenvalue weighted by atomic mass is 9.83. The number of aliphatic hydroxyl groups excluding tert-OH is 1. The highest BCUT2D eigenvalue weighted by Gasteiger charge is 2.15.